The summed E-state index contributed by atoms with van der Waals surface area (Å²) in [6.45, 7) is 6.39. The van der Waals surface area contributed by atoms with E-state index in [9.17, 15) is 4.79 Å². The molecule has 0 aromatic heterocycles. The maximum atomic E-state index is 12.4. The van der Waals surface area contributed by atoms with Crippen LogP contribution in [0, 0.1) is 5.92 Å². The third kappa shape index (κ3) is 4.23. The summed E-state index contributed by atoms with van der Waals surface area (Å²) in [6.07, 6.45) is 4.53. The van der Waals surface area contributed by atoms with Crippen molar-refractivity contribution in [1.29, 1.82) is 0 Å². The van der Waals surface area contributed by atoms with Gasteiger partial charge in [-0.15, -0.1) is 0 Å². The first-order valence-electron chi connectivity index (χ1n) is 8.37. The van der Waals surface area contributed by atoms with Gasteiger partial charge in [-0.3, -0.25) is 4.79 Å². The number of hydrogen-bond acceptors (Lipinski definition) is 2. The molecule has 1 aromatic carbocycles. The van der Waals surface area contributed by atoms with Crippen molar-refractivity contribution in [2.75, 3.05) is 13.1 Å². The Hall–Kier alpha value is -1.06. The van der Waals surface area contributed by atoms with Gasteiger partial charge in [-0.1, -0.05) is 37.6 Å². The number of halogens is 1. The van der Waals surface area contributed by atoms with Crippen LogP contribution >= 0.6 is 11.6 Å². The predicted molar refractivity (Wildman–Crippen MR) is 92.1 cm³/mol. The van der Waals surface area contributed by atoms with Crippen molar-refractivity contribution < 1.29 is 4.79 Å². The number of carbonyl (C=O) groups excluding carboxylic acids is 1. The van der Waals surface area contributed by atoms with Gasteiger partial charge < -0.3 is 10.6 Å². The molecule has 0 spiro atoms. The number of benzene rings is 1. The van der Waals surface area contributed by atoms with Crippen LogP contribution in [0.5, 0.6) is 0 Å². The van der Waals surface area contributed by atoms with E-state index in [1.807, 2.05) is 24.3 Å². The van der Waals surface area contributed by atoms with Crippen LogP contribution in [0.4, 0.5) is 0 Å². The highest BCUT2D eigenvalue weighted by atomic mass is 35.5. The predicted octanol–water partition coefficient (Wildman–Crippen LogP) is 3.86. The second-order valence-electron chi connectivity index (χ2n) is 6.24. The maximum Gasteiger partial charge on any atom is 0.220 e. The fourth-order valence-corrected chi connectivity index (χ4v) is 3.43. The van der Waals surface area contributed by atoms with Gasteiger partial charge in [0, 0.05) is 11.4 Å². The van der Waals surface area contributed by atoms with Crippen LogP contribution < -0.4 is 10.6 Å². The highest BCUT2D eigenvalue weighted by Gasteiger charge is 2.30. The summed E-state index contributed by atoms with van der Waals surface area (Å²) in [5.74, 6) is 0.810. The van der Waals surface area contributed by atoms with Crippen molar-refractivity contribution in [1.82, 2.24) is 10.6 Å². The summed E-state index contributed by atoms with van der Waals surface area (Å²) in [7, 11) is 0. The standard InChI is InChI=1S/C18H27ClN2O/c1-3-18(4-2,15-6-8-16(19)9-7-15)21-17(22)10-5-14-11-12-20-13-14/h6-9,14,20H,3-5,10-13H2,1-2H3,(H,21,22). The summed E-state index contributed by atoms with van der Waals surface area (Å²) in [4.78, 5) is 12.4. The van der Waals surface area contributed by atoms with Crippen LogP contribution in [0.1, 0.15) is 51.5 Å². The summed E-state index contributed by atoms with van der Waals surface area (Å²) >= 11 is 5.98. The molecule has 3 nitrogen and oxygen atoms in total. The van der Waals surface area contributed by atoms with E-state index in [2.05, 4.69) is 24.5 Å². The second kappa shape index (κ2) is 7.98. The Balaban J connectivity index is 2.00. The highest BCUT2D eigenvalue weighted by Crippen LogP contribution is 2.30. The van der Waals surface area contributed by atoms with Crippen molar-refractivity contribution in [2.45, 2.75) is 51.5 Å². The van der Waals surface area contributed by atoms with Gasteiger partial charge in [0.25, 0.3) is 0 Å². The van der Waals surface area contributed by atoms with Gasteiger partial charge >= 0.3 is 0 Å². The normalized spacial score (nSPS) is 18.4. The fraction of sp³-hybridized carbons (Fsp3) is 0.611. The van der Waals surface area contributed by atoms with E-state index in [4.69, 9.17) is 11.6 Å². The van der Waals surface area contributed by atoms with Crippen LogP contribution in [0.15, 0.2) is 24.3 Å². The summed E-state index contributed by atoms with van der Waals surface area (Å²) in [5, 5.41) is 7.37. The lowest BCUT2D eigenvalue weighted by Gasteiger charge is -2.34. The van der Waals surface area contributed by atoms with Gasteiger partial charge in [-0.05, 0) is 62.4 Å². The maximum absolute atomic E-state index is 12.4. The van der Waals surface area contributed by atoms with Gasteiger partial charge in [-0.2, -0.15) is 0 Å². The molecule has 122 valence electrons. The number of amides is 1. The molecule has 2 rings (SSSR count). The topological polar surface area (TPSA) is 41.1 Å². The Morgan fingerprint density at radius 2 is 2.00 bits per heavy atom. The Labute approximate surface area is 138 Å². The molecule has 1 aliphatic rings. The molecule has 1 saturated heterocycles. The molecule has 22 heavy (non-hydrogen) atoms. The number of rotatable bonds is 7. The average molecular weight is 323 g/mol. The Morgan fingerprint density at radius 1 is 1.32 bits per heavy atom. The summed E-state index contributed by atoms with van der Waals surface area (Å²) < 4.78 is 0. The van der Waals surface area contributed by atoms with Crippen LogP contribution in [-0.2, 0) is 10.3 Å². The van der Waals surface area contributed by atoms with Crippen LogP contribution in [-0.4, -0.2) is 19.0 Å². The molecule has 1 amide bonds. The van der Waals surface area contributed by atoms with Crippen molar-refractivity contribution in [3.05, 3.63) is 34.9 Å². The highest BCUT2D eigenvalue weighted by molar-refractivity contribution is 6.30. The minimum absolute atomic E-state index is 0.158. The molecule has 1 atom stereocenters. The molecule has 1 aromatic rings. The van der Waals surface area contributed by atoms with Crippen molar-refractivity contribution in [3.8, 4) is 0 Å². The molecule has 0 aliphatic carbocycles. The van der Waals surface area contributed by atoms with Gasteiger partial charge in [0.1, 0.15) is 0 Å². The van der Waals surface area contributed by atoms with Gasteiger partial charge in [0.05, 0.1) is 5.54 Å². The fourth-order valence-electron chi connectivity index (χ4n) is 3.30. The molecule has 1 fully saturated rings. The molecule has 0 bridgehead atoms. The Kier molecular flexibility index (Phi) is 6.27. The number of carbonyl (C=O) groups is 1. The second-order valence-corrected chi connectivity index (χ2v) is 6.68. The Morgan fingerprint density at radius 3 is 2.55 bits per heavy atom. The first-order chi connectivity index (χ1) is 10.6. The minimum atomic E-state index is -0.282. The molecular formula is C18H27ClN2O. The molecular weight excluding hydrogens is 296 g/mol. The van der Waals surface area contributed by atoms with Gasteiger partial charge in [-0.25, -0.2) is 0 Å². The molecule has 1 aliphatic heterocycles. The zero-order valence-electron chi connectivity index (χ0n) is 13.6. The molecule has 0 radical (unpaired) electrons. The van der Waals surface area contributed by atoms with Crippen molar-refractivity contribution in [2.24, 2.45) is 5.92 Å². The van der Waals surface area contributed by atoms with E-state index in [1.165, 1.54) is 6.42 Å². The van der Waals surface area contributed by atoms with E-state index < -0.39 is 0 Å². The average Bonchev–Trinajstić information content (AvgIpc) is 3.05. The first-order valence-corrected chi connectivity index (χ1v) is 8.75. The van der Waals surface area contributed by atoms with Crippen molar-refractivity contribution >= 4 is 17.5 Å². The minimum Gasteiger partial charge on any atom is -0.347 e. The monoisotopic (exact) mass is 322 g/mol. The molecule has 1 unspecified atom stereocenters. The van der Waals surface area contributed by atoms with Crippen LogP contribution in [0.3, 0.4) is 0 Å². The van der Waals surface area contributed by atoms with Crippen LogP contribution in [0.2, 0.25) is 5.02 Å². The summed E-state index contributed by atoms with van der Waals surface area (Å²) in [5.41, 5.74) is 0.855. The molecule has 4 heteroatoms. The number of nitrogens with one attached hydrogen (secondary N) is 2. The third-order valence-corrected chi connectivity index (χ3v) is 5.18. The zero-order valence-corrected chi connectivity index (χ0v) is 14.4. The van der Waals surface area contributed by atoms with Crippen LogP contribution in [0.25, 0.3) is 0 Å². The van der Waals surface area contributed by atoms with E-state index >= 15 is 0 Å². The third-order valence-electron chi connectivity index (χ3n) is 4.92. The molecule has 2 N–H and O–H groups in total. The lowest BCUT2D eigenvalue weighted by molar-refractivity contribution is -0.123. The first kappa shape index (κ1) is 17.3. The SMILES string of the molecule is CCC(CC)(NC(=O)CCC1CCNC1)c1ccc(Cl)cc1. The van der Waals surface area contributed by atoms with E-state index in [-0.39, 0.29) is 11.4 Å². The zero-order chi connectivity index (χ0) is 16.0. The quantitative estimate of drug-likeness (QED) is 0.800. The Bertz CT molecular complexity index is 476. The largest absolute Gasteiger partial charge is 0.347 e. The van der Waals surface area contributed by atoms with E-state index in [1.54, 1.807) is 0 Å². The van der Waals surface area contributed by atoms with Gasteiger partial charge in [0.2, 0.25) is 5.91 Å². The van der Waals surface area contributed by atoms with Crippen molar-refractivity contribution in [3.63, 3.8) is 0 Å². The molecule has 1 heterocycles. The smallest absolute Gasteiger partial charge is 0.220 e. The van der Waals surface area contributed by atoms with E-state index in [0.717, 1.165) is 42.9 Å². The van der Waals surface area contributed by atoms with E-state index in [0.29, 0.717) is 12.3 Å². The molecule has 0 saturated carbocycles. The van der Waals surface area contributed by atoms with Gasteiger partial charge in [0.15, 0.2) is 0 Å². The lowest BCUT2D eigenvalue weighted by Crippen LogP contribution is -2.45. The lowest BCUT2D eigenvalue weighted by atomic mass is 9.84. The number of hydrogen-bond donors (Lipinski definition) is 2. The summed E-state index contributed by atoms with van der Waals surface area (Å²) in [6, 6.07) is 7.84.